The number of anilines is 1. The van der Waals surface area contributed by atoms with Gasteiger partial charge in [-0.25, -0.2) is 5.43 Å². The number of aromatic hydroxyl groups is 1. The third kappa shape index (κ3) is 5.40. The maximum Gasteiger partial charge on any atom is 0.273 e. The number of nitrogens with zero attached hydrogens (tertiary/aromatic N) is 1. The molecule has 0 fully saturated rings. The van der Waals surface area contributed by atoms with Crippen LogP contribution in [0.1, 0.15) is 31.8 Å². The van der Waals surface area contributed by atoms with Gasteiger partial charge in [0.1, 0.15) is 0 Å². The molecule has 3 N–H and O–H groups in total. The Kier molecular flexibility index (Phi) is 7.24. The minimum atomic E-state index is -0.475. The van der Waals surface area contributed by atoms with Gasteiger partial charge < -0.3 is 15.2 Å². The van der Waals surface area contributed by atoms with E-state index in [1.54, 1.807) is 48.5 Å². The second-order valence-electron chi connectivity index (χ2n) is 6.57. The molecule has 0 radical (unpaired) electrons. The molecule has 0 saturated carbocycles. The lowest BCUT2D eigenvalue weighted by Crippen LogP contribution is -2.21. The molecule has 158 valence electrons. The van der Waals surface area contributed by atoms with E-state index < -0.39 is 5.91 Å². The molecule has 3 rings (SSSR count). The van der Waals surface area contributed by atoms with Gasteiger partial charge in [0.2, 0.25) is 0 Å². The van der Waals surface area contributed by atoms with Crippen molar-refractivity contribution >= 4 is 46.3 Å². The molecule has 0 aliphatic heterocycles. The third-order valence-electron chi connectivity index (χ3n) is 4.46. The minimum absolute atomic E-state index is 0.0441. The first-order valence-corrected chi connectivity index (χ1v) is 10.3. The van der Waals surface area contributed by atoms with E-state index in [-0.39, 0.29) is 17.2 Å². The standard InChI is InChI=1S/C23H20IN3O4/c1-14-7-3-4-8-16(14)22(29)26-19-10-6-5-9-17(19)23(30)27-25-13-15-11-18(24)21(28)20(12-15)31-2/h3-13,28H,1-2H3,(H,26,29)(H,27,30). The monoisotopic (exact) mass is 529 g/mol. The smallest absolute Gasteiger partial charge is 0.273 e. The molecule has 31 heavy (non-hydrogen) atoms. The van der Waals surface area contributed by atoms with Crippen molar-refractivity contribution in [3.63, 3.8) is 0 Å². The lowest BCUT2D eigenvalue weighted by Gasteiger charge is -2.11. The van der Waals surface area contributed by atoms with Crippen LogP contribution >= 0.6 is 22.6 Å². The summed E-state index contributed by atoms with van der Waals surface area (Å²) in [7, 11) is 1.45. The van der Waals surface area contributed by atoms with Crippen molar-refractivity contribution in [3.8, 4) is 11.5 Å². The summed E-state index contributed by atoms with van der Waals surface area (Å²) in [6, 6.07) is 17.2. The fourth-order valence-electron chi connectivity index (χ4n) is 2.86. The van der Waals surface area contributed by atoms with Crippen LogP contribution in [0.25, 0.3) is 0 Å². The molecule has 8 heteroatoms. The van der Waals surface area contributed by atoms with Crippen LogP contribution < -0.4 is 15.5 Å². The van der Waals surface area contributed by atoms with Crippen LogP contribution in [0, 0.1) is 10.5 Å². The second kappa shape index (κ2) is 10.1. The molecule has 3 aromatic rings. The van der Waals surface area contributed by atoms with Gasteiger partial charge in [0.15, 0.2) is 11.5 Å². The van der Waals surface area contributed by atoms with Gasteiger partial charge in [-0.2, -0.15) is 5.10 Å². The number of para-hydroxylation sites is 1. The highest BCUT2D eigenvalue weighted by Gasteiger charge is 2.15. The number of phenolic OH excluding ortho intramolecular Hbond substituents is 1. The summed E-state index contributed by atoms with van der Waals surface area (Å²) >= 11 is 1.98. The average Bonchev–Trinajstić information content (AvgIpc) is 2.76. The first-order chi connectivity index (χ1) is 14.9. The number of nitrogens with one attached hydrogen (secondary N) is 2. The van der Waals surface area contributed by atoms with Crippen LogP contribution in [0.3, 0.4) is 0 Å². The molecular formula is C23H20IN3O4. The van der Waals surface area contributed by atoms with E-state index in [1.165, 1.54) is 13.3 Å². The number of phenols is 1. The van der Waals surface area contributed by atoms with E-state index in [0.717, 1.165) is 5.56 Å². The SMILES string of the molecule is COc1cc(C=NNC(=O)c2ccccc2NC(=O)c2ccccc2C)cc(I)c1O. The number of ether oxygens (including phenoxy) is 1. The predicted molar refractivity (Wildman–Crippen MR) is 128 cm³/mol. The normalized spacial score (nSPS) is 10.7. The third-order valence-corrected chi connectivity index (χ3v) is 5.28. The number of halogens is 1. The Balaban J connectivity index is 1.75. The summed E-state index contributed by atoms with van der Waals surface area (Å²) in [5, 5.41) is 16.7. The van der Waals surface area contributed by atoms with Gasteiger partial charge in [-0.1, -0.05) is 30.3 Å². The van der Waals surface area contributed by atoms with E-state index in [9.17, 15) is 14.7 Å². The number of aryl methyl sites for hydroxylation is 1. The van der Waals surface area contributed by atoms with Crippen LogP contribution in [-0.2, 0) is 0 Å². The lowest BCUT2D eigenvalue weighted by molar-refractivity contribution is 0.0956. The summed E-state index contributed by atoms with van der Waals surface area (Å²) in [5.74, 6) is -0.420. The number of rotatable bonds is 6. The Bertz CT molecular complexity index is 1160. The molecule has 0 spiro atoms. The quantitative estimate of drug-likeness (QED) is 0.252. The number of carbonyl (C=O) groups excluding carboxylic acids is 2. The Hall–Kier alpha value is -3.40. The van der Waals surface area contributed by atoms with Gasteiger partial charge in [-0.05, 0) is 71.0 Å². The average molecular weight is 529 g/mol. The number of carbonyl (C=O) groups is 2. The molecule has 7 nitrogen and oxygen atoms in total. The molecule has 0 aliphatic carbocycles. The van der Waals surface area contributed by atoms with Crippen LogP contribution in [0.5, 0.6) is 11.5 Å². The Morgan fingerprint density at radius 2 is 1.71 bits per heavy atom. The molecule has 2 amide bonds. The summed E-state index contributed by atoms with van der Waals surface area (Å²) < 4.78 is 5.71. The largest absolute Gasteiger partial charge is 0.504 e. The minimum Gasteiger partial charge on any atom is -0.504 e. The van der Waals surface area contributed by atoms with Gasteiger partial charge in [0.25, 0.3) is 11.8 Å². The van der Waals surface area contributed by atoms with Crippen molar-refractivity contribution < 1.29 is 19.4 Å². The maximum atomic E-state index is 12.6. The molecule has 0 atom stereocenters. The van der Waals surface area contributed by atoms with Gasteiger partial charge in [0.05, 0.1) is 28.1 Å². The van der Waals surface area contributed by atoms with Crippen molar-refractivity contribution in [2.75, 3.05) is 12.4 Å². The molecule has 0 saturated heterocycles. The predicted octanol–water partition coefficient (Wildman–Crippen LogP) is 4.33. The van der Waals surface area contributed by atoms with Crippen LogP contribution in [0.15, 0.2) is 65.8 Å². The Morgan fingerprint density at radius 3 is 2.42 bits per heavy atom. The topological polar surface area (TPSA) is 100 Å². The van der Waals surface area contributed by atoms with Gasteiger partial charge in [-0.3, -0.25) is 9.59 Å². The van der Waals surface area contributed by atoms with Crippen molar-refractivity contribution in [1.29, 1.82) is 0 Å². The van der Waals surface area contributed by atoms with Crippen LogP contribution in [0.4, 0.5) is 5.69 Å². The number of amides is 2. The van der Waals surface area contributed by atoms with E-state index in [1.807, 2.05) is 41.6 Å². The van der Waals surface area contributed by atoms with E-state index in [2.05, 4.69) is 15.8 Å². The molecule has 0 heterocycles. The zero-order valence-corrected chi connectivity index (χ0v) is 19.0. The summed E-state index contributed by atoms with van der Waals surface area (Å²) in [4.78, 5) is 25.3. The molecule has 0 unspecified atom stereocenters. The van der Waals surface area contributed by atoms with Crippen LogP contribution in [0.2, 0.25) is 0 Å². The van der Waals surface area contributed by atoms with Crippen LogP contribution in [-0.4, -0.2) is 30.2 Å². The number of hydrazone groups is 1. The number of methoxy groups -OCH3 is 1. The molecule has 0 aromatic heterocycles. The zero-order chi connectivity index (χ0) is 22.4. The fraction of sp³-hybridized carbons (Fsp3) is 0.0870. The fourth-order valence-corrected chi connectivity index (χ4v) is 3.48. The highest BCUT2D eigenvalue weighted by Crippen LogP contribution is 2.31. The van der Waals surface area contributed by atoms with E-state index in [4.69, 9.17) is 4.74 Å². The molecular weight excluding hydrogens is 509 g/mol. The van der Waals surface area contributed by atoms with Crippen molar-refractivity contribution in [2.24, 2.45) is 5.10 Å². The molecule has 0 bridgehead atoms. The first-order valence-electron chi connectivity index (χ1n) is 9.26. The summed E-state index contributed by atoms with van der Waals surface area (Å²) in [6.07, 6.45) is 1.44. The first kappa shape index (κ1) is 22.3. The lowest BCUT2D eigenvalue weighted by atomic mass is 10.1. The Labute approximate surface area is 193 Å². The Morgan fingerprint density at radius 1 is 1.03 bits per heavy atom. The highest BCUT2D eigenvalue weighted by molar-refractivity contribution is 14.1. The van der Waals surface area contributed by atoms with E-state index in [0.29, 0.717) is 26.1 Å². The van der Waals surface area contributed by atoms with E-state index >= 15 is 0 Å². The maximum absolute atomic E-state index is 12.6. The number of hydrogen-bond donors (Lipinski definition) is 3. The van der Waals surface area contributed by atoms with Crippen molar-refractivity contribution in [1.82, 2.24) is 5.43 Å². The second-order valence-corrected chi connectivity index (χ2v) is 7.73. The number of benzene rings is 3. The highest BCUT2D eigenvalue weighted by atomic mass is 127. The summed E-state index contributed by atoms with van der Waals surface area (Å²) in [5.41, 5.74) is 5.13. The number of hydrogen-bond acceptors (Lipinski definition) is 5. The van der Waals surface area contributed by atoms with Crippen molar-refractivity contribution in [2.45, 2.75) is 6.92 Å². The van der Waals surface area contributed by atoms with Gasteiger partial charge >= 0.3 is 0 Å². The van der Waals surface area contributed by atoms with Gasteiger partial charge in [-0.15, -0.1) is 0 Å². The zero-order valence-electron chi connectivity index (χ0n) is 16.8. The molecule has 3 aromatic carbocycles. The summed E-state index contributed by atoms with van der Waals surface area (Å²) in [6.45, 7) is 1.85. The van der Waals surface area contributed by atoms with Gasteiger partial charge in [0, 0.05) is 5.56 Å². The van der Waals surface area contributed by atoms with Crippen molar-refractivity contribution in [3.05, 3.63) is 86.5 Å². The molecule has 0 aliphatic rings.